The van der Waals surface area contributed by atoms with Gasteiger partial charge < -0.3 is 5.73 Å². The standard InChI is InChI=1S/C13H11BrINOS/c14-10-3-6-12(16)13(7-10)18(17)8-9-1-4-11(15)5-2-9/h1-7H,8,16H2. The van der Waals surface area contributed by atoms with Crippen LogP contribution in [0.15, 0.2) is 51.8 Å². The average molecular weight is 436 g/mol. The van der Waals surface area contributed by atoms with Gasteiger partial charge in [-0.2, -0.15) is 0 Å². The van der Waals surface area contributed by atoms with E-state index in [1.165, 1.54) is 3.57 Å². The number of anilines is 1. The third-order valence-corrected chi connectivity index (χ3v) is 5.08. The lowest BCUT2D eigenvalue weighted by molar-refractivity contribution is 0.683. The van der Waals surface area contributed by atoms with Crippen LogP contribution in [0.3, 0.4) is 0 Å². The van der Waals surface area contributed by atoms with Crippen LogP contribution >= 0.6 is 38.5 Å². The summed E-state index contributed by atoms with van der Waals surface area (Å²) in [5.41, 5.74) is 7.47. The lowest BCUT2D eigenvalue weighted by atomic mass is 10.2. The second kappa shape index (κ2) is 6.16. The van der Waals surface area contributed by atoms with Gasteiger partial charge in [-0.05, 0) is 58.5 Å². The van der Waals surface area contributed by atoms with Crippen LogP contribution in [0, 0.1) is 3.57 Å². The lowest BCUT2D eigenvalue weighted by Gasteiger charge is -2.06. The number of hydrogen-bond donors (Lipinski definition) is 1. The van der Waals surface area contributed by atoms with Crippen molar-refractivity contribution in [2.24, 2.45) is 0 Å². The lowest BCUT2D eigenvalue weighted by Crippen LogP contribution is -2.01. The molecule has 1 unspecified atom stereocenters. The summed E-state index contributed by atoms with van der Waals surface area (Å²) >= 11 is 5.62. The molecule has 2 nitrogen and oxygen atoms in total. The van der Waals surface area contributed by atoms with Crippen LogP contribution in [-0.2, 0) is 16.6 Å². The molecule has 0 saturated carbocycles. The predicted octanol–water partition coefficient (Wildman–Crippen LogP) is 3.94. The van der Waals surface area contributed by atoms with Crippen LogP contribution in [0.1, 0.15) is 5.56 Å². The van der Waals surface area contributed by atoms with E-state index in [1.807, 2.05) is 36.4 Å². The SMILES string of the molecule is Nc1ccc(Br)cc1S(=O)Cc1ccc(I)cc1. The molecule has 2 aromatic carbocycles. The van der Waals surface area contributed by atoms with Gasteiger partial charge in [-0.1, -0.05) is 28.1 Å². The van der Waals surface area contributed by atoms with Crippen LogP contribution in [0.2, 0.25) is 0 Å². The molecule has 0 aliphatic rings. The van der Waals surface area contributed by atoms with Crippen molar-refractivity contribution >= 4 is 55.0 Å². The van der Waals surface area contributed by atoms with Crippen molar-refractivity contribution in [2.75, 3.05) is 5.73 Å². The minimum atomic E-state index is -1.12. The molecule has 0 heterocycles. The summed E-state index contributed by atoms with van der Waals surface area (Å²) in [5, 5.41) is 0. The number of halogens is 2. The average Bonchev–Trinajstić information content (AvgIpc) is 2.35. The summed E-state index contributed by atoms with van der Waals surface area (Å²) in [4.78, 5) is 0.683. The molecule has 0 aromatic heterocycles. The van der Waals surface area contributed by atoms with Crippen LogP contribution < -0.4 is 5.73 Å². The molecule has 0 aliphatic carbocycles. The van der Waals surface area contributed by atoms with Gasteiger partial charge in [0.25, 0.3) is 0 Å². The quantitative estimate of drug-likeness (QED) is 0.586. The summed E-state index contributed by atoms with van der Waals surface area (Å²) in [6.07, 6.45) is 0. The maximum absolute atomic E-state index is 12.3. The molecule has 0 saturated heterocycles. The molecule has 1 atom stereocenters. The zero-order valence-corrected chi connectivity index (χ0v) is 14.0. The number of benzene rings is 2. The Morgan fingerprint density at radius 1 is 1.17 bits per heavy atom. The van der Waals surface area contributed by atoms with E-state index >= 15 is 0 Å². The molecular weight excluding hydrogens is 425 g/mol. The first-order chi connectivity index (χ1) is 8.56. The first-order valence-corrected chi connectivity index (χ1v) is 8.43. The minimum absolute atomic E-state index is 0.484. The monoisotopic (exact) mass is 435 g/mol. The fourth-order valence-corrected chi connectivity index (χ4v) is 3.63. The van der Waals surface area contributed by atoms with E-state index in [2.05, 4.69) is 38.5 Å². The van der Waals surface area contributed by atoms with Gasteiger partial charge in [-0.3, -0.25) is 4.21 Å². The number of rotatable bonds is 3. The maximum atomic E-state index is 12.3. The molecule has 0 amide bonds. The summed E-state index contributed by atoms with van der Waals surface area (Å²) in [6, 6.07) is 13.4. The number of hydrogen-bond acceptors (Lipinski definition) is 2. The molecule has 2 rings (SSSR count). The van der Waals surface area contributed by atoms with Crippen molar-refractivity contribution in [3.8, 4) is 0 Å². The van der Waals surface area contributed by atoms with Gasteiger partial charge in [0.05, 0.1) is 21.4 Å². The molecule has 18 heavy (non-hydrogen) atoms. The van der Waals surface area contributed by atoms with E-state index in [4.69, 9.17) is 5.73 Å². The molecule has 0 bridgehead atoms. The van der Waals surface area contributed by atoms with E-state index < -0.39 is 10.8 Å². The Bertz CT molecular complexity index is 586. The van der Waals surface area contributed by atoms with Crippen LogP contribution in [0.5, 0.6) is 0 Å². The van der Waals surface area contributed by atoms with E-state index in [0.29, 0.717) is 16.3 Å². The molecule has 94 valence electrons. The third kappa shape index (κ3) is 3.55. The smallest absolute Gasteiger partial charge is 0.0632 e. The van der Waals surface area contributed by atoms with Crippen molar-refractivity contribution in [1.29, 1.82) is 0 Å². The van der Waals surface area contributed by atoms with Crippen LogP contribution in [-0.4, -0.2) is 4.21 Å². The van der Waals surface area contributed by atoms with Gasteiger partial charge in [0.1, 0.15) is 0 Å². The molecule has 0 radical (unpaired) electrons. The molecule has 0 spiro atoms. The van der Waals surface area contributed by atoms with E-state index in [-0.39, 0.29) is 0 Å². The normalized spacial score (nSPS) is 12.3. The molecular formula is C13H11BrINOS. The predicted molar refractivity (Wildman–Crippen MR) is 87.8 cm³/mol. The Labute approximate surface area is 131 Å². The second-order valence-corrected chi connectivity index (χ2v) is 7.38. The maximum Gasteiger partial charge on any atom is 0.0632 e. The van der Waals surface area contributed by atoms with Gasteiger partial charge in [0.2, 0.25) is 0 Å². The fraction of sp³-hybridized carbons (Fsp3) is 0.0769. The molecule has 2 aromatic rings. The highest BCUT2D eigenvalue weighted by molar-refractivity contribution is 14.1. The third-order valence-electron chi connectivity index (χ3n) is 2.43. The van der Waals surface area contributed by atoms with Gasteiger partial charge in [0.15, 0.2) is 0 Å². The largest absolute Gasteiger partial charge is 0.398 e. The van der Waals surface area contributed by atoms with Crippen LogP contribution in [0.4, 0.5) is 5.69 Å². The topological polar surface area (TPSA) is 43.1 Å². The van der Waals surface area contributed by atoms with Crippen molar-refractivity contribution in [1.82, 2.24) is 0 Å². The summed E-state index contributed by atoms with van der Waals surface area (Å²) in [6.45, 7) is 0. The van der Waals surface area contributed by atoms with Crippen molar-refractivity contribution in [2.45, 2.75) is 10.6 Å². The van der Waals surface area contributed by atoms with Gasteiger partial charge >= 0.3 is 0 Å². The Kier molecular flexibility index (Phi) is 4.80. The fourth-order valence-electron chi connectivity index (χ4n) is 1.52. The molecule has 2 N–H and O–H groups in total. The van der Waals surface area contributed by atoms with Gasteiger partial charge in [0, 0.05) is 13.7 Å². The number of nitrogen functional groups attached to an aromatic ring is 1. The molecule has 0 aliphatic heterocycles. The summed E-state index contributed by atoms with van der Waals surface area (Å²) in [5.74, 6) is 0.484. The van der Waals surface area contributed by atoms with Crippen molar-refractivity contribution < 1.29 is 4.21 Å². The summed E-state index contributed by atoms with van der Waals surface area (Å²) < 4.78 is 14.3. The number of nitrogens with two attached hydrogens (primary N) is 1. The van der Waals surface area contributed by atoms with Gasteiger partial charge in [-0.25, -0.2) is 0 Å². The Balaban J connectivity index is 2.21. The Hall–Kier alpha value is -0.400. The minimum Gasteiger partial charge on any atom is -0.398 e. The second-order valence-electron chi connectivity index (χ2n) is 3.80. The van der Waals surface area contributed by atoms with Gasteiger partial charge in [-0.15, -0.1) is 0 Å². The Morgan fingerprint density at radius 3 is 2.50 bits per heavy atom. The summed E-state index contributed by atoms with van der Waals surface area (Å²) in [7, 11) is -1.12. The first kappa shape index (κ1) is 14.0. The highest BCUT2D eigenvalue weighted by Gasteiger charge is 2.09. The highest BCUT2D eigenvalue weighted by Crippen LogP contribution is 2.23. The van der Waals surface area contributed by atoms with E-state index in [0.717, 1.165) is 10.0 Å². The van der Waals surface area contributed by atoms with Crippen LogP contribution in [0.25, 0.3) is 0 Å². The first-order valence-electron chi connectivity index (χ1n) is 5.24. The van der Waals surface area contributed by atoms with E-state index in [1.54, 1.807) is 6.07 Å². The van der Waals surface area contributed by atoms with Crippen molar-refractivity contribution in [3.63, 3.8) is 0 Å². The Morgan fingerprint density at radius 2 is 1.83 bits per heavy atom. The zero-order chi connectivity index (χ0) is 13.1. The molecule has 0 fully saturated rings. The molecule has 5 heteroatoms. The zero-order valence-electron chi connectivity index (χ0n) is 9.40. The van der Waals surface area contributed by atoms with Crippen molar-refractivity contribution in [3.05, 3.63) is 56.1 Å². The highest BCUT2D eigenvalue weighted by atomic mass is 127. The van der Waals surface area contributed by atoms with E-state index in [9.17, 15) is 4.21 Å².